The number of nitrogens with zero attached hydrogens (tertiary/aromatic N) is 5. The third-order valence-corrected chi connectivity index (χ3v) is 4.43. The van der Waals surface area contributed by atoms with Gasteiger partial charge in [0.05, 0.1) is 17.5 Å². The molecular formula is C19H19N5O2. The number of amides is 1. The Hall–Kier alpha value is -3.22. The Morgan fingerprint density at radius 3 is 2.85 bits per heavy atom. The van der Waals surface area contributed by atoms with Crippen LogP contribution in [-0.4, -0.2) is 51.9 Å². The van der Waals surface area contributed by atoms with Crippen molar-refractivity contribution in [2.45, 2.75) is 6.42 Å². The van der Waals surface area contributed by atoms with Crippen LogP contribution >= 0.6 is 0 Å². The number of pyridine rings is 1. The first kappa shape index (κ1) is 16.3. The molecule has 0 saturated carbocycles. The Morgan fingerprint density at radius 1 is 1.08 bits per heavy atom. The second-order valence-electron chi connectivity index (χ2n) is 6.13. The molecule has 0 aromatic carbocycles. The number of aromatic nitrogens is 3. The molecule has 4 heterocycles. The van der Waals surface area contributed by atoms with Crippen molar-refractivity contribution in [2.24, 2.45) is 0 Å². The first-order valence-corrected chi connectivity index (χ1v) is 8.61. The van der Waals surface area contributed by atoms with Crippen LogP contribution in [0.1, 0.15) is 16.8 Å². The highest BCUT2D eigenvalue weighted by Gasteiger charge is 2.22. The topological polar surface area (TPSA) is 75.4 Å². The van der Waals surface area contributed by atoms with E-state index in [0.717, 1.165) is 24.2 Å². The molecule has 1 saturated heterocycles. The second kappa shape index (κ2) is 7.35. The lowest BCUT2D eigenvalue weighted by molar-refractivity contribution is 0.0766. The molecule has 0 radical (unpaired) electrons. The molecule has 7 heteroatoms. The van der Waals surface area contributed by atoms with Crippen LogP contribution in [0.2, 0.25) is 0 Å². The lowest BCUT2D eigenvalue weighted by Gasteiger charge is -2.22. The van der Waals surface area contributed by atoms with Crippen molar-refractivity contribution in [3.05, 3.63) is 60.9 Å². The molecule has 3 aromatic heterocycles. The molecule has 132 valence electrons. The van der Waals surface area contributed by atoms with E-state index in [9.17, 15) is 4.79 Å². The molecule has 3 aromatic rings. The standard InChI is InChI=1S/C19H19N5O2/c25-18(16-5-12-26-14-16)23-8-2-9-24(11-10-23)19-21-7-4-17(22-19)15-3-1-6-20-13-15/h1,3-7,12-14H,2,8-11H2. The van der Waals surface area contributed by atoms with Gasteiger partial charge in [0, 0.05) is 50.3 Å². The first-order valence-electron chi connectivity index (χ1n) is 8.61. The third kappa shape index (κ3) is 3.42. The van der Waals surface area contributed by atoms with E-state index in [1.807, 2.05) is 23.1 Å². The van der Waals surface area contributed by atoms with Crippen molar-refractivity contribution >= 4 is 11.9 Å². The van der Waals surface area contributed by atoms with Crippen molar-refractivity contribution < 1.29 is 9.21 Å². The number of carbonyl (C=O) groups excluding carboxylic acids is 1. The number of carbonyl (C=O) groups is 1. The van der Waals surface area contributed by atoms with Gasteiger partial charge < -0.3 is 14.2 Å². The molecule has 1 aliphatic rings. The summed E-state index contributed by atoms with van der Waals surface area (Å²) >= 11 is 0. The maximum atomic E-state index is 12.5. The Balaban J connectivity index is 1.48. The molecule has 0 aliphatic carbocycles. The van der Waals surface area contributed by atoms with Gasteiger partial charge in [-0.15, -0.1) is 0 Å². The molecule has 0 unspecified atom stereocenters. The number of hydrogen-bond donors (Lipinski definition) is 0. The van der Waals surface area contributed by atoms with Crippen molar-refractivity contribution in [2.75, 3.05) is 31.1 Å². The Bertz CT molecular complexity index is 867. The third-order valence-electron chi connectivity index (χ3n) is 4.43. The summed E-state index contributed by atoms with van der Waals surface area (Å²) in [6.07, 6.45) is 9.18. The van der Waals surface area contributed by atoms with Crippen LogP contribution in [0.4, 0.5) is 5.95 Å². The van der Waals surface area contributed by atoms with Gasteiger partial charge >= 0.3 is 0 Å². The predicted molar refractivity (Wildman–Crippen MR) is 96.7 cm³/mol. The molecule has 0 atom stereocenters. The predicted octanol–water partition coefficient (Wildman–Crippen LogP) is 2.48. The van der Waals surface area contributed by atoms with Crippen molar-refractivity contribution in [1.29, 1.82) is 0 Å². The average molecular weight is 349 g/mol. The zero-order valence-electron chi connectivity index (χ0n) is 14.3. The molecule has 1 fully saturated rings. The molecule has 1 amide bonds. The number of hydrogen-bond acceptors (Lipinski definition) is 6. The molecule has 4 rings (SSSR count). The largest absolute Gasteiger partial charge is 0.472 e. The smallest absolute Gasteiger partial charge is 0.257 e. The lowest BCUT2D eigenvalue weighted by atomic mass is 10.2. The Kier molecular flexibility index (Phi) is 4.59. The van der Waals surface area contributed by atoms with Gasteiger partial charge in [-0.3, -0.25) is 9.78 Å². The fourth-order valence-electron chi connectivity index (χ4n) is 3.07. The van der Waals surface area contributed by atoms with E-state index >= 15 is 0 Å². The minimum atomic E-state index is 0.00521. The fourth-order valence-corrected chi connectivity index (χ4v) is 3.07. The summed E-state index contributed by atoms with van der Waals surface area (Å²) in [4.78, 5) is 29.7. The number of anilines is 1. The zero-order valence-corrected chi connectivity index (χ0v) is 14.3. The van der Waals surface area contributed by atoms with E-state index in [2.05, 4.69) is 19.9 Å². The van der Waals surface area contributed by atoms with Gasteiger partial charge in [-0.2, -0.15) is 0 Å². The van der Waals surface area contributed by atoms with Gasteiger partial charge in [-0.05, 0) is 30.7 Å². The quantitative estimate of drug-likeness (QED) is 0.723. The summed E-state index contributed by atoms with van der Waals surface area (Å²) in [5.74, 6) is 0.689. The average Bonchev–Trinajstić information content (AvgIpc) is 3.13. The van der Waals surface area contributed by atoms with Gasteiger partial charge in [0.1, 0.15) is 6.26 Å². The number of furan rings is 1. The molecule has 26 heavy (non-hydrogen) atoms. The highest BCUT2D eigenvalue weighted by Crippen LogP contribution is 2.19. The minimum Gasteiger partial charge on any atom is -0.472 e. The highest BCUT2D eigenvalue weighted by molar-refractivity contribution is 5.93. The van der Waals surface area contributed by atoms with E-state index in [1.165, 1.54) is 12.5 Å². The summed E-state index contributed by atoms with van der Waals surface area (Å²) < 4.78 is 5.02. The lowest BCUT2D eigenvalue weighted by Crippen LogP contribution is -2.35. The number of rotatable bonds is 3. The van der Waals surface area contributed by atoms with Crippen molar-refractivity contribution in [3.63, 3.8) is 0 Å². The van der Waals surface area contributed by atoms with E-state index < -0.39 is 0 Å². The van der Waals surface area contributed by atoms with E-state index in [4.69, 9.17) is 4.42 Å². The van der Waals surface area contributed by atoms with Gasteiger partial charge in [-0.1, -0.05) is 0 Å². The van der Waals surface area contributed by atoms with Crippen LogP contribution in [0.25, 0.3) is 11.3 Å². The van der Waals surface area contributed by atoms with Crippen LogP contribution < -0.4 is 4.90 Å². The zero-order chi connectivity index (χ0) is 17.8. The highest BCUT2D eigenvalue weighted by atomic mass is 16.3. The minimum absolute atomic E-state index is 0.00521. The van der Waals surface area contributed by atoms with Crippen molar-refractivity contribution in [1.82, 2.24) is 19.9 Å². The SMILES string of the molecule is O=C(c1ccoc1)N1CCCN(c2nccc(-c3cccnc3)n2)CC1. The van der Waals surface area contributed by atoms with Crippen LogP contribution in [0, 0.1) is 0 Å². The van der Waals surface area contributed by atoms with Gasteiger partial charge in [0.2, 0.25) is 5.95 Å². The fraction of sp³-hybridized carbons (Fsp3) is 0.263. The van der Waals surface area contributed by atoms with Gasteiger partial charge in [-0.25, -0.2) is 9.97 Å². The van der Waals surface area contributed by atoms with Gasteiger partial charge in [0.25, 0.3) is 5.91 Å². The van der Waals surface area contributed by atoms with Crippen molar-refractivity contribution in [3.8, 4) is 11.3 Å². The summed E-state index contributed by atoms with van der Waals surface area (Å²) in [5, 5.41) is 0. The molecule has 1 aliphatic heterocycles. The summed E-state index contributed by atoms with van der Waals surface area (Å²) in [5.41, 5.74) is 2.40. The maximum absolute atomic E-state index is 12.5. The molecule has 0 spiro atoms. The monoisotopic (exact) mass is 349 g/mol. The molecule has 0 N–H and O–H groups in total. The summed E-state index contributed by atoms with van der Waals surface area (Å²) in [6.45, 7) is 2.85. The van der Waals surface area contributed by atoms with Crippen LogP contribution in [-0.2, 0) is 0 Å². The van der Waals surface area contributed by atoms with E-state index in [0.29, 0.717) is 31.1 Å². The molecule has 7 nitrogen and oxygen atoms in total. The second-order valence-corrected chi connectivity index (χ2v) is 6.13. The van der Waals surface area contributed by atoms with E-state index in [-0.39, 0.29) is 5.91 Å². The summed E-state index contributed by atoms with van der Waals surface area (Å²) in [7, 11) is 0. The Labute approximate surface area is 151 Å². The van der Waals surface area contributed by atoms with Gasteiger partial charge in [0.15, 0.2) is 0 Å². The first-order chi connectivity index (χ1) is 12.8. The van der Waals surface area contributed by atoms with E-state index in [1.54, 1.807) is 24.7 Å². The Morgan fingerprint density at radius 2 is 2.04 bits per heavy atom. The summed E-state index contributed by atoms with van der Waals surface area (Å²) in [6, 6.07) is 7.45. The van der Waals surface area contributed by atoms with Crippen LogP contribution in [0.5, 0.6) is 0 Å². The maximum Gasteiger partial charge on any atom is 0.257 e. The van der Waals surface area contributed by atoms with Crippen LogP contribution in [0.15, 0.2) is 59.8 Å². The molecular weight excluding hydrogens is 330 g/mol. The molecule has 0 bridgehead atoms. The normalized spacial score (nSPS) is 14.9. The van der Waals surface area contributed by atoms with Crippen LogP contribution in [0.3, 0.4) is 0 Å².